The highest BCUT2D eigenvalue weighted by molar-refractivity contribution is 6.00. The number of nitrogens with two attached hydrogens (primary N) is 1. The van der Waals surface area contributed by atoms with Crippen LogP contribution in [0, 0.1) is 36.0 Å². The van der Waals surface area contributed by atoms with E-state index in [9.17, 15) is 23.2 Å². The van der Waals surface area contributed by atoms with Gasteiger partial charge in [0, 0.05) is 23.4 Å². The summed E-state index contributed by atoms with van der Waals surface area (Å²) in [6, 6.07) is 10.8. The number of carbonyl (C=O) groups is 1. The predicted octanol–water partition coefficient (Wildman–Crippen LogP) is 4.41. The second-order valence-electron chi connectivity index (χ2n) is 9.51. The van der Waals surface area contributed by atoms with E-state index in [1.54, 1.807) is 39.0 Å². The van der Waals surface area contributed by atoms with Crippen LogP contribution in [0.25, 0.3) is 0 Å². The lowest BCUT2D eigenvalue weighted by Crippen LogP contribution is -2.41. The number of aryl methyl sites for hydroxylation is 1. The number of amides is 1. The Balaban J connectivity index is 1.79. The minimum Gasteiger partial charge on any atom is -0.420 e. The molecule has 3 aromatic rings. The first-order valence-corrected chi connectivity index (χ1v) is 11.8. The fourth-order valence-electron chi connectivity index (χ4n) is 5.38. The summed E-state index contributed by atoms with van der Waals surface area (Å²) < 4.78 is 48.1. The molecule has 1 amide bonds. The maximum atomic E-state index is 14.2. The number of aromatic amines is 1. The lowest BCUT2D eigenvalue weighted by molar-refractivity contribution is -0.137. The van der Waals surface area contributed by atoms with Crippen LogP contribution in [-0.2, 0) is 18.1 Å². The Labute approximate surface area is 216 Å². The third kappa shape index (κ3) is 3.69. The van der Waals surface area contributed by atoms with Gasteiger partial charge in [-0.3, -0.25) is 9.89 Å². The Bertz CT molecular complexity index is 1630. The van der Waals surface area contributed by atoms with Gasteiger partial charge in [-0.2, -0.15) is 18.4 Å². The van der Waals surface area contributed by atoms with Gasteiger partial charge in [0.2, 0.25) is 11.8 Å². The van der Waals surface area contributed by atoms with E-state index >= 15 is 0 Å². The summed E-state index contributed by atoms with van der Waals surface area (Å²) in [6.45, 7) is 5.67. The minimum absolute atomic E-state index is 0.0136. The quantitative estimate of drug-likeness (QED) is 0.436. The molecule has 1 aromatic heterocycles. The first-order chi connectivity index (χ1) is 18.0. The highest BCUT2D eigenvalue weighted by Gasteiger charge is 2.51. The third-order valence-corrected chi connectivity index (χ3v) is 7.01. The van der Waals surface area contributed by atoms with E-state index in [0.717, 1.165) is 17.7 Å². The average molecular weight is 518 g/mol. The van der Waals surface area contributed by atoms with Crippen LogP contribution in [0.4, 0.5) is 13.2 Å². The fourth-order valence-corrected chi connectivity index (χ4v) is 5.38. The van der Waals surface area contributed by atoms with Gasteiger partial charge in [0.15, 0.2) is 0 Å². The van der Waals surface area contributed by atoms with Crippen molar-refractivity contribution in [3.63, 3.8) is 0 Å². The molecule has 1 unspecified atom stereocenters. The van der Waals surface area contributed by atoms with E-state index in [1.807, 2.05) is 0 Å². The van der Waals surface area contributed by atoms with Crippen molar-refractivity contribution in [2.75, 3.05) is 0 Å². The van der Waals surface area contributed by atoms with Gasteiger partial charge in [-0.1, -0.05) is 37.8 Å². The molecule has 2 aliphatic rings. The molecule has 38 heavy (non-hydrogen) atoms. The Morgan fingerprint density at radius 3 is 2.66 bits per heavy atom. The van der Waals surface area contributed by atoms with Crippen LogP contribution in [0.5, 0.6) is 5.88 Å². The van der Waals surface area contributed by atoms with Crippen LogP contribution in [0.2, 0.25) is 0 Å². The number of fused-ring (bicyclic) bond motifs is 2. The van der Waals surface area contributed by atoms with Crippen LogP contribution in [0.3, 0.4) is 0 Å². The van der Waals surface area contributed by atoms with Gasteiger partial charge in [0.25, 0.3) is 5.91 Å². The maximum absolute atomic E-state index is 14.2. The number of allylic oxidation sites excluding steroid dienone is 1. The number of halogens is 3. The second kappa shape index (κ2) is 8.70. The van der Waals surface area contributed by atoms with Crippen LogP contribution in [-0.4, -0.2) is 16.1 Å². The van der Waals surface area contributed by atoms with Gasteiger partial charge >= 0.3 is 6.18 Å². The van der Waals surface area contributed by atoms with Gasteiger partial charge in [-0.05, 0) is 48.2 Å². The zero-order valence-electron chi connectivity index (χ0n) is 20.7. The molecule has 0 saturated carbocycles. The fraction of sp³-hybridized carbons (Fsp3) is 0.250. The number of nitriles is 1. The smallest absolute Gasteiger partial charge is 0.416 e. The maximum Gasteiger partial charge on any atom is 0.416 e. The van der Waals surface area contributed by atoms with Crippen molar-refractivity contribution in [3.05, 3.63) is 92.5 Å². The van der Waals surface area contributed by atoms with Crippen molar-refractivity contribution in [2.24, 2.45) is 11.7 Å². The number of carbonyl (C=O) groups excluding carboxylic acids is 1. The molecule has 2 aromatic carbocycles. The molecular formula is C28H22F3N5O2. The van der Waals surface area contributed by atoms with Crippen molar-refractivity contribution in [1.82, 2.24) is 15.5 Å². The molecule has 5 rings (SSSR count). The number of hydrogen-bond donors (Lipinski definition) is 3. The Morgan fingerprint density at radius 2 is 1.97 bits per heavy atom. The van der Waals surface area contributed by atoms with Crippen molar-refractivity contribution in [2.45, 2.75) is 38.9 Å². The molecule has 192 valence electrons. The number of rotatable bonds is 2. The summed E-state index contributed by atoms with van der Waals surface area (Å²) in [7, 11) is 0. The second-order valence-corrected chi connectivity index (χ2v) is 9.51. The molecule has 1 atom stereocenters. The van der Waals surface area contributed by atoms with Gasteiger partial charge in [-0.15, -0.1) is 5.10 Å². The lowest BCUT2D eigenvalue weighted by atomic mass is 9.61. The average Bonchev–Trinajstić information content (AvgIpc) is 3.43. The summed E-state index contributed by atoms with van der Waals surface area (Å²) in [6.07, 6.45) is -4.69. The molecular weight excluding hydrogens is 495 g/mol. The monoisotopic (exact) mass is 517 g/mol. The number of nitrogens with one attached hydrogen (secondary N) is 2. The minimum atomic E-state index is -4.69. The number of H-pyrrole nitrogens is 1. The number of ether oxygens (including phenoxy) is 1. The summed E-state index contributed by atoms with van der Waals surface area (Å²) in [5, 5.41) is 19.8. The van der Waals surface area contributed by atoms with Crippen LogP contribution in [0.15, 0.2) is 47.9 Å². The zero-order chi connectivity index (χ0) is 27.4. The number of hydrogen-bond acceptors (Lipinski definition) is 5. The molecule has 0 spiro atoms. The topological polar surface area (TPSA) is 117 Å². The van der Waals surface area contributed by atoms with Gasteiger partial charge in [-0.25, -0.2) is 0 Å². The summed E-state index contributed by atoms with van der Waals surface area (Å²) in [4.78, 5) is 12.3. The predicted molar refractivity (Wildman–Crippen MR) is 131 cm³/mol. The zero-order valence-corrected chi connectivity index (χ0v) is 20.7. The van der Waals surface area contributed by atoms with Crippen LogP contribution < -0.4 is 15.8 Å². The number of benzene rings is 2. The molecule has 0 saturated heterocycles. The van der Waals surface area contributed by atoms with E-state index in [2.05, 4.69) is 33.4 Å². The van der Waals surface area contributed by atoms with Gasteiger partial charge in [0.05, 0.1) is 22.1 Å². The molecule has 4 N–H and O–H groups in total. The Hall–Kier alpha value is -4.70. The number of nitrogens with zero attached hydrogens (tertiary/aromatic N) is 2. The van der Waals surface area contributed by atoms with Gasteiger partial charge in [0.1, 0.15) is 11.6 Å². The summed E-state index contributed by atoms with van der Waals surface area (Å²) in [5.74, 6) is 4.86. The van der Waals surface area contributed by atoms with E-state index in [0.29, 0.717) is 28.9 Å². The molecule has 0 bridgehead atoms. The highest BCUT2D eigenvalue weighted by atomic mass is 19.4. The molecule has 7 nitrogen and oxygen atoms in total. The standard InChI is InChI=1S/C28H22F3N5O2/c1-14(2)27(21(12-32)24(33)38-26-23(27)15(3)35-36-26)19-9-16(10-20(11-19)28(29,30)31)7-8-17-5-4-6-18-13-34-25(37)22(17)18/h4-6,9-11,14H,13,33H2,1-3H3,(H,34,37)(H,35,36). The lowest BCUT2D eigenvalue weighted by Gasteiger charge is -2.41. The van der Waals surface area contributed by atoms with Crippen LogP contribution >= 0.6 is 0 Å². The normalized spacial score (nSPS) is 18.2. The molecule has 3 heterocycles. The Morgan fingerprint density at radius 1 is 1.21 bits per heavy atom. The first-order valence-electron chi connectivity index (χ1n) is 11.8. The molecule has 0 fully saturated rings. The summed E-state index contributed by atoms with van der Waals surface area (Å²) >= 11 is 0. The molecule has 0 aliphatic carbocycles. The molecule has 2 aliphatic heterocycles. The van der Waals surface area contributed by atoms with E-state index in [-0.39, 0.29) is 34.4 Å². The highest BCUT2D eigenvalue weighted by Crippen LogP contribution is 2.53. The number of alkyl halides is 3. The SMILES string of the molecule is Cc1[nH]nc2c1C(c1cc(C#Cc3cccc4c3C(=O)NC4)cc(C(F)(F)F)c1)(C(C)C)C(C#N)=C(N)O2. The Kier molecular flexibility index (Phi) is 5.72. The van der Waals surface area contributed by atoms with E-state index < -0.39 is 23.1 Å². The largest absolute Gasteiger partial charge is 0.420 e. The van der Waals surface area contributed by atoms with E-state index in [1.165, 1.54) is 6.07 Å². The van der Waals surface area contributed by atoms with Gasteiger partial charge < -0.3 is 15.8 Å². The third-order valence-electron chi connectivity index (χ3n) is 7.01. The molecule has 10 heteroatoms. The van der Waals surface area contributed by atoms with Crippen molar-refractivity contribution in [3.8, 4) is 23.8 Å². The van der Waals surface area contributed by atoms with Crippen molar-refractivity contribution in [1.29, 1.82) is 5.26 Å². The first kappa shape index (κ1) is 25.0. The van der Waals surface area contributed by atoms with Crippen molar-refractivity contribution >= 4 is 5.91 Å². The van der Waals surface area contributed by atoms with E-state index in [4.69, 9.17) is 10.5 Å². The summed E-state index contributed by atoms with van der Waals surface area (Å²) in [5.41, 5.74) is 6.59. The molecule has 0 radical (unpaired) electrons. The number of aromatic nitrogens is 2. The van der Waals surface area contributed by atoms with Crippen LogP contribution in [0.1, 0.15) is 63.3 Å². The van der Waals surface area contributed by atoms with Crippen molar-refractivity contribution < 1.29 is 22.7 Å².